The molecule has 1 heterocycles. The summed E-state index contributed by atoms with van der Waals surface area (Å²) in [6, 6.07) is 7.95. The lowest BCUT2D eigenvalue weighted by atomic mass is 10.2. The molecule has 0 fully saturated rings. The molecular weight excluding hydrogens is 294 g/mol. The van der Waals surface area contributed by atoms with E-state index in [9.17, 15) is 0 Å². The zero-order valence-corrected chi connectivity index (χ0v) is 14.0. The second kappa shape index (κ2) is 8.17. The molecule has 23 heavy (non-hydrogen) atoms. The van der Waals surface area contributed by atoms with Crippen molar-refractivity contribution in [3.63, 3.8) is 0 Å². The summed E-state index contributed by atoms with van der Waals surface area (Å²) in [6.07, 6.45) is 0. The van der Waals surface area contributed by atoms with Crippen molar-refractivity contribution in [3.05, 3.63) is 41.5 Å². The third-order valence-electron chi connectivity index (χ3n) is 3.24. The average Bonchev–Trinajstić information content (AvgIpc) is 2.97. The molecule has 0 saturated heterocycles. The van der Waals surface area contributed by atoms with Crippen LogP contribution in [-0.2, 0) is 13.1 Å². The van der Waals surface area contributed by atoms with Gasteiger partial charge in [0, 0.05) is 32.6 Å². The molecule has 0 amide bonds. The number of nitrogens with one attached hydrogen (secondary N) is 1. The van der Waals surface area contributed by atoms with Crippen molar-refractivity contribution in [1.82, 2.24) is 20.4 Å². The zero-order chi connectivity index (χ0) is 16.7. The first-order chi connectivity index (χ1) is 11.1. The van der Waals surface area contributed by atoms with Gasteiger partial charge in [0.2, 0.25) is 5.89 Å². The minimum Gasteiger partial charge on any atom is -0.496 e. The van der Waals surface area contributed by atoms with Gasteiger partial charge in [-0.3, -0.25) is 0 Å². The first kappa shape index (κ1) is 16.8. The monoisotopic (exact) mass is 317 g/mol. The second-order valence-electron chi connectivity index (χ2n) is 5.07. The SMILES string of the molecule is CCNC(=NCc1noc(C)n1)N(C)Cc1ccccc1OC. The maximum atomic E-state index is 5.40. The summed E-state index contributed by atoms with van der Waals surface area (Å²) in [5.74, 6) is 2.76. The van der Waals surface area contributed by atoms with Gasteiger partial charge in [-0.1, -0.05) is 23.4 Å². The van der Waals surface area contributed by atoms with E-state index in [1.54, 1.807) is 14.0 Å². The molecule has 0 radical (unpaired) electrons. The lowest BCUT2D eigenvalue weighted by molar-refractivity contribution is 0.387. The molecule has 1 N–H and O–H groups in total. The lowest BCUT2D eigenvalue weighted by Crippen LogP contribution is -2.38. The highest BCUT2D eigenvalue weighted by Crippen LogP contribution is 2.18. The quantitative estimate of drug-likeness (QED) is 0.648. The van der Waals surface area contributed by atoms with E-state index in [-0.39, 0.29) is 0 Å². The van der Waals surface area contributed by atoms with Crippen molar-refractivity contribution in [2.75, 3.05) is 20.7 Å². The Morgan fingerprint density at radius 1 is 1.39 bits per heavy atom. The van der Waals surface area contributed by atoms with Gasteiger partial charge in [0.15, 0.2) is 11.8 Å². The number of aliphatic imine (C=N–C) groups is 1. The minimum atomic E-state index is 0.371. The third-order valence-corrected chi connectivity index (χ3v) is 3.24. The second-order valence-corrected chi connectivity index (χ2v) is 5.07. The van der Waals surface area contributed by atoms with Crippen LogP contribution in [0.15, 0.2) is 33.8 Å². The van der Waals surface area contributed by atoms with Crippen LogP contribution in [0.5, 0.6) is 5.75 Å². The van der Waals surface area contributed by atoms with Gasteiger partial charge >= 0.3 is 0 Å². The summed E-state index contributed by atoms with van der Waals surface area (Å²) in [5, 5.41) is 7.13. The van der Waals surface area contributed by atoms with Gasteiger partial charge in [-0.15, -0.1) is 0 Å². The highest BCUT2D eigenvalue weighted by molar-refractivity contribution is 5.79. The zero-order valence-electron chi connectivity index (χ0n) is 14.0. The number of benzene rings is 1. The van der Waals surface area contributed by atoms with E-state index in [1.807, 2.05) is 43.1 Å². The van der Waals surface area contributed by atoms with Gasteiger partial charge in [0.1, 0.15) is 12.3 Å². The predicted molar refractivity (Wildman–Crippen MR) is 88.3 cm³/mol. The van der Waals surface area contributed by atoms with Crippen molar-refractivity contribution in [3.8, 4) is 5.75 Å². The number of aromatic nitrogens is 2. The molecule has 0 atom stereocenters. The Labute approximate surface area is 136 Å². The number of ether oxygens (including phenoxy) is 1. The molecule has 2 aromatic rings. The van der Waals surface area contributed by atoms with E-state index in [0.29, 0.717) is 24.8 Å². The van der Waals surface area contributed by atoms with Crippen molar-refractivity contribution in [2.45, 2.75) is 26.9 Å². The number of guanidine groups is 1. The molecule has 0 spiro atoms. The molecule has 0 bridgehead atoms. The number of aryl methyl sites for hydroxylation is 1. The van der Waals surface area contributed by atoms with Gasteiger partial charge < -0.3 is 19.5 Å². The fourth-order valence-corrected chi connectivity index (χ4v) is 2.18. The van der Waals surface area contributed by atoms with Crippen LogP contribution < -0.4 is 10.1 Å². The summed E-state index contributed by atoms with van der Waals surface area (Å²) >= 11 is 0. The van der Waals surface area contributed by atoms with Crippen LogP contribution in [-0.4, -0.2) is 41.7 Å². The molecule has 7 heteroatoms. The molecule has 0 saturated carbocycles. The van der Waals surface area contributed by atoms with E-state index < -0.39 is 0 Å². The molecule has 0 unspecified atom stereocenters. The fraction of sp³-hybridized carbons (Fsp3) is 0.438. The molecule has 0 aliphatic heterocycles. The van der Waals surface area contributed by atoms with Crippen LogP contribution in [0.4, 0.5) is 0 Å². The van der Waals surface area contributed by atoms with Crippen LogP contribution in [0.3, 0.4) is 0 Å². The highest BCUT2D eigenvalue weighted by atomic mass is 16.5. The highest BCUT2D eigenvalue weighted by Gasteiger charge is 2.10. The van der Waals surface area contributed by atoms with Crippen LogP contribution in [0.2, 0.25) is 0 Å². The Hall–Kier alpha value is -2.57. The van der Waals surface area contributed by atoms with Gasteiger partial charge in [-0.25, -0.2) is 4.99 Å². The summed E-state index contributed by atoms with van der Waals surface area (Å²) < 4.78 is 10.4. The van der Waals surface area contributed by atoms with E-state index in [1.165, 1.54) is 0 Å². The number of rotatable bonds is 6. The fourth-order valence-electron chi connectivity index (χ4n) is 2.18. The number of methoxy groups -OCH3 is 1. The molecule has 2 rings (SSSR count). The molecular formula is C16H23N5O2. The van der Waals surface area contributed by atoms with Crippen LogP contribution >= 0.6 is 0 Å². The number of hydrogen-bond acceptors (Lipinski definition) is 5. The smallest absolute Gasteiger partial charge is 0.223 e. The van der Waals surface area contributed by atoms with Gasteiger partial charge in [-0.05, 0) is 13.0 Å². The molecule has 1 aromatic carbocycles. The van der Waals surface area contributed by atoms with Crippen molar-refractivity contribution < 1.29 is 9.26 Å². The van der Waals surface area contributed by atoms with E-state index in [4.69, 9.17) is 9.26 Å². The molecule has 7 nitrogen and oxygen atoms in total. The maximum Gasteiger partial charge on any atom is 0.223 e. The van der Waals surface area contributed by atoms with Crippen molar-refractivity contribution in [2.24, 2.45) is 4.99 Å². The summed E-state index contributed by atoms with van der Waals surface area (Å²) in [4.78, 5) is 10.8. The summed E-state index contributed by atoms with van der Waals surface area (Å²) in [6.45, 7) is 5.63. The summed E-state index contributed by atoms with van der Waals surface area (Å²) in [5.41, 5.74) is 1.10. The number of para-hydroxylation sites is 1. The van der Waals surface area contributed by atoms with Crippen molar-refractivity contribution in [1.29, 1.82) is 0 Å². The largest absolute Gasteiger partial charge is 0.496 e. The van der Waals surface area contributed by atoms with Crippen LogP contribution in [0.1, 0.15) is 24.2 Å². The maximum absolute atomic E-state index is 5.40. The molecule has 124 valence electrons. The summed E-state index contributed by atoms with van der Waals surface area (Å²) in [7, 11) is 3.66. The Morgan fingerprint density at radius 2 is 2.17 bits per heavy atom. The van der Waals surface area contributed by atoms with Gasteiger partial charge in [-0.2, -0.15) is 4.98 Å². The minimum absolute atomic E-state index is 0.371. The van der Waals surface area contributed by atoms with E-state index in [2.05, 4.69) is 20.4 Å². The number of nitrogens with zero attached hydrogens (tertiary/aromatic N) is 4. The Bertz CT molecular complexity index is 653. The van der Waals surface area contributed by atoms with E-state index in [0.717, 1.165) is 23.8 Å². The average molecular weight is 317 g/mol. The topological polar surface area (TPSA) is 75.8 Å². The Kier molecular flexibility index (Phi) is 5.96. The molecule has 1 aromatic heterocycles. The van der Waals surface area contributed by atoms with Crippen LogP contribution in [0.25, 0.3) is 0 Å². The lowest BCUT2D eigenvalue weighted by Gasteiger charge is -2.22. The molecule has 0 aliphatic carbocycles. The first-order valence-electron chi connectivity index (χ1n) is 7.54. The third kappa shape index (κ3) is 4.70. The standard InChI is InChI=1S/C16H23N5O2/c1-5-17-16(18-10-15-19-12(2)23-20-15)21(3)11-13-8-6-7-9-14(13)22-4/h6-9H,5,10-11H2,1-4H3,(H,17,18). The Morgan fingerprint density at radius 3 is 2.83 bits per heavy atom. The van der Waals surface area contributed by atoms with Crippen LogP contribution in [0, 0.1) is 6.92 Å². The number of hydrogen-bond donors (Lipinski definition) is 1. The Balaban J connectivity index is 2.09. The van der Waals surface area contributed by atoms with E-state index >= 15 is 0 Å². The first-order valence-corrected chi connectivity index (χ1v) is 7.54. The molecule has 0 aliphatic rings. The normalized spacial score (nSPS) is 11.4. The van der Waals surface area contributed by atoms with Gasteiger partial charge in [0.05, 0.1) is 7.11 Å². The van der Waals surface area contributed by atoms with Crippen molar-refractivity contribution >= 4 is 5.96 Å². The predicted octanol–water partition coefficient (Wildman–Crippen LogP) is 1.98. The van der Waals surface area contributed by atoms with Gasteiger partial charge in [0.25, 0.3) is 0 Å².